The van der Waals surface area contributed by atoms with Crippen molar-refractivity contribution in [1.82, 2.24) is 0 Å². The molecule has 0 amide bonds. The molecule has 0 heterocycles. The van der Waals surface area contributed by atoms with Crippen LogP contribution in [0.25, 0.3) is 0 Å². The number of allylic oxidation sites excluding steroid dienone is 1. The van der Waals surface area contributed by atoms with E-state index in [1.165, 1.54) is 5.56 Å². The third-order valence-electron chi connectivity index (χ3n) is 4.62. The van der Waals surface area contributed by atoms with E-state index in [0.717, 1.165) is 19.3 Å². The van der Waals surface area contributed by atoms with E-state index in [-0.39, 0.29) is 11.1 Å². The van der Waals surface area contributed by atoms with Crippen molar-refractivity contribution in [2.24, 2.45) is 0 Å². The molecule has 0 bridgehead atoms. The highest BCUT2D eigenvalue weighted by molar-refractivity contribution is 6.74. The molecule has 1 rings (SSSR count). The Morgan fingerprint density at radius 3 is 2.39 bits per heavy atom. The summed E-state index contributed by atoms with van der Waals surface area (Å²) in [6.07, 6.45) is 5.34. The molecule has 1 aromatic rings. The lowest BCUT2D eigenvalue weighted by atomic mass is 10.1. The van der Waals surface area contributed by atoms with E-state index in [2.05, 4.69) is 52.6 Å². The van der Waals surface area contributed by atoms with E-state index in [9.17, 15) is 0 Å². The highest BCUT2D eigenvalue weighted by Gasteiger charge is 2.39. The van der Waals surface area contributed by atoms with Gasteiger partial charge in [0.05, 0.1) is 19.3 Å². The average molecular weight is 335 g/mol. The fourth-order valence-corrected chi connectivity index (χ4v) is 3.51. The second-order valence-electron chi connectivity index (χ2n) is 7.72. The SMILES string of the molecule is C=CCCCC(COCc1ccccc1)O[Si](C)(C)C(C)(C)C. The molecule has 3 heteroatoms. The van der Waals surface area contributed by atoms with Gasteiger partial charge in [0.2, 0.25) is 0 Å². The van der Waals surface area contributed by atoms with Crippen molar-refractivity contribution in [2.75, 3.05) is 6.61 Å². The first-order valence-corrected chi connectivity index (χ1v) is 11.6. The number of hydrogen-bond donors (Lipinski definition) is 0. The predicted octanol–water partition coefficient (Wildman–Crippen LogP) is 5.95. The monoisotopic (exact) mass is 334 g/mol. The van der Waals surface area contributed by atoms with Gasteiger partial charge in [-0.05, 0) is 43.0 Å². The second-order valence-corrected chi connectivity index (χ2v) is 12.5. The Kier molecular flexibility index (Phi) is 8.24. The van der Waals surface area contributed by atoms with Crippen molar-refractivity contribution >= 4 is 8.32 Å². The van der Waals surface area contributed by atoms with Crippen LogP contribution in [0.15, 0.2) is 43.0 Å². The molecule has 1 aromatic carbocycles. The van der Waals surface area contributed by atoms with Crippen molar-refractivity contribution in [3.63, 3.8) is 0 Å². The molecule has 23 heavy (non-hydrogen) atoms. The minimum Gasteiger partial charge on any atom is -0.412 e. The van der Waals surface area contributed by atoms with Gasteiger partial charge in [0.1, 0.15) is 0 Å². The molecule has 0 fully saturated rings. The van der Waals surface area contributed by atoms with Gasteiger partial charge in [-0.2, -0.15) is 0 Å². The maximum absolute atomic E-state index is 6.57. The number of ether oxygens (including phenoxy) is 1. The lowest BCUT2D eigenvalue weighted by Gasteiger charge is -2.39. The highest BCUT2D eigenvalue weighted by Crippen LogP contribution is 2.37. The molecule has 0 radical (unpaired) electrons. The fraction of sp³-hybridized carbons (Fsp3) is 0.600. The molecular formula is C20H34O2Si. The van der Waals surface area contributed by atoms with Crippen LogP contribution in [0, 0.1) is 0 Å². The summed E-state index contributed by atoms with van der Waals surface area (Å²) in [5.41, 5.74) is 1.21. The molecule has 2 nitrogen and oxygen atoms in total. The van der Waals surface area contributed by atoms with Gasteiger partial charge in [0.15, 0.2) is 8.32 Å². The van der Waals surface area contributed by atoms with Gasteiger partial charge in [-0.1, -0.05) is 57.2 Å². The standard InChI is InChI=1S/C20H34O2Si/c1-7-8-10-15-19(22-23(5,6)20(2,3)4)17-21-16-18-13-11-9-12-14-18/h7,9,11-14,19H,1,8,10,15-17H2,2-6H3. The van der Waals surface area contributed by atoms with Gasteiger partial charge in [-0.3, -0.25) is 0 Å². The molecular weight excluding hydrogens is 300 g/mol. The van der Waals surface area contributed by atoms with Crippen LogP contribution in [0.1, 0.15) is 45.6 Å². The van der Waals surface area contributed by atoms with Gasteiger partial charge in [-0.15, -0.1) is 6.58 Å². The van der Waals surface area contributed by atoms with Crippen LogP contribution in [0.5, 0.6) is 0 Å². The Balaban J connectivity index is 2.56. The number of benzene rings is 1. The zero-order chi connectivity index (χ0) is 17.3. The Morgan fingerprint density at radius 2 is 1.83 bits per heavy atom. The van der Waals surface area contributed by atoms with Crippen LogP contribution in [-0.4, -0.2) is 21.0 Å². The maximum atomic E-state index is 6.57. The molecule has 130 valence electrons. The Hall–Kier alpha value is -0.903. The lowest BCUT2D eigenvalue weighted by Crippen LogP contribution is -2.45. The summed E-state index contributed by atoms with van der Waals surface area (Å²) in [6.45, 7) is 16.6. The van der Waals surface area contributed by atoms with E-state index in [0.29, 0.717) is 13.2 Å². The lowest BCUT2D eigenvalue weighted by molar-refractivity contribution is 0.0298. The van der Waals surface area contributed by atoms with Crippen LogP contribution in [-0.2, 0) is 15.8 Å². The molecule has 0 aliphatic rings. The van der Waals surface area contributed by atoms with E-state index in [1.807, 2.05) is 24.3 Å². The van der Waals surface area contributed by atoms with Crippen LogP contribution in [0.4, 0.5) is 0 Å². The van der Waals surface area contributed by atoms with Gasteiger partial charge < -0.3 is 9.16 Å². The number of rotatable bonds is 10. The van der Waals surface area contributed by atoms with E-state index >= 15 is 0 Å². The molecule has 0 saturated carbocycles. The molecule has 0 aliphatic heterocycles. The third-order valence-corrected chi connectivity index (χ3v) is 9.15. The first kappa shape index (κ1) is 20.1. The number of hydrogen-bond acceptors (Lipinski definition) is 2. The highest BCUT2D eigenvalue weighted by atomic mass is 28.4. The quantitative estimate of drug-likeness (QED) is 0.299. The van der Waals surface area contributed by atoms with E-state index in [4.69, 9.17) is 9.16 Å². The summed E-state index contributed by atoms with van der Waals surface area (Å²) in [5.74, 6) is 0. The molecule has 0 spiro atoms. The molecule has 1 atom stereocenters. The summed E-state index contributed by atoms with van der Waals surface area (Å²) in [6, 6.07) is 10.3. The van der Waals surface area contributed by atoms with E-state index < -0.39 is 8.32 Å². The van der Waals surface area contributed by atoms with Crippen molar-refractivity contribution in [3.05, 3.63) is 48.6 Å². The first-order chi connectivity index (χ1) is 10.8. The van der Waals surface area contributed by atoms with Crippen molar-refractivity contribution in [1.29, 1.82) is 0 Å². The second kappa shape index (κ2) is 9.41. The third kappa shape index (κ3) is 7.47. The van der Waals surface area contributed by atoms with Gasteiger partial charge >= 0.3 is 0 Å². The summed E-state index contributed by atoms with van der Waals surface area (Å²) < 4.78 is 12.5. The van der Waals surface area contributed by atoms with Crippen molar-refractivity contribution in [2.45, 2.75) is 70.9 Å². The number of unbranched alkanes of at least 4 members (excludes halogenated alkanes) is 1. The Morgan fingerprint density at radius 1 is 1.17 bits per heavy atom. The molecule has 0 aliphatic carbocycles. The minimum absolute atomic E-state index is 0.180. The predicted molar refractivity (Wildman–Crippen MR) is 102 cm³/mol. The summed E-state index contributed by atoms with van der Waals surface area (Å²) in [7, 11) is -1.76. The normalized spacial score (nSPS) is 13.8. The van der Waals surface area contributed by atoms with Crippen molar-refractivity contribution in [3.8, 4) is 0 Å². The summed E-state index contributed by atoms with van der Waals surface area (Å²) >= 11 is 0. The van der Waals surface area contributed by atoms with Gasteiger partial charge in [0, 0.05) is 0 Å². The minimum atomic E-state index is -1.76. The largest absolute Gasteiger partial charge is 0.412 e. The molecule has 0 N–H and O–H groups in total. The summed E-state index contributed by atoms with van der Waals surface area (Å²) in [4.78, 5) is 0. The van der Waals surface area contributed by atoms with Crippen molar-refractivity contribution < 1.29 is 9.16 Å². The fourth-order valence-electron chi connectivity index (χ4n) is 2.14. The zero-order valence-electron chi connectivity index (χ0n) is 15.6. The van der Waals surface area contributed by atoms with Crippen LogP contribution >= 0.6 is 0 Å². The average Bonchev–Trinajstić information content (AvgIpc) is 2.47. The van der Waals surface area contributed by atoms with Crippen LogP contribution in [0.2, 0.25) is 18.1 Å². The van der Waals surface area contributed by atoms with Crippen LogP contribution in [0.3, 0.4) is 0 Å². The molecule has 0 saturated heterocycles. The van der Waals surface area contributed by atoms with E-state index in [1.54, 1.807) is 0 Å². The van der Waals surface area contributed by atoms with Crippen LogP contribution < -0.4 is 0 Å². The van der Waals surface area contributed by atoms with Gasteiger partial charge in [0.25, 0.3) is 0 Å². The smallest absolute Gasteiger partial charge is 0.192 e. The zero-order valence-corrected chi connectivity index (χ0v) is 16.6. The Labute approximate surface area is 144 Å². The maximum Gasteiger partial charge on any atom is 0.192 e. The Bertz CT molecular complexity index is 448. The summed E-state index contributed by atoms with van der Waals surface area (Å²) in [5, 5.41) is 0.225. The molecule has 0 aromatic heterocycles. The van der Waals surface area contributed by atoms with Gasteiger partial charge in [-0.25, -0.2) is 0 Å². The molecule has 1 unspecified atom stereocenters. The first-order valence-electron chi connectivity index (χ1n) is 8.66. The topological polar surface area (TPSA) is 18.5 Å².